The predicted octanol–water partition coefficient (Wildman–Crippen LogP) is 4.08. The summed E-state index contributed by atoms with van der Waals surface area (Å²) in [5.41, 5.74) is 0.173. The van der Waals surface area contributed by atoms with Crippen LogP contribution in [0.4, 0.5) is 5.69 Å². The quantitative estimate of drug-likeness (QED) is 0.393. The van der Waals surface area contributed by atoms with E-state index in [2.05, 4.69) is 21.2 Å². The number of nitro groups is 1. The highest BCUT2D eigenvalue weighted by atomic mass is 79.9. The Hall–Kier alpha value is -3.14. The van der Waals surface area contributed by atoms with Crippen LogP contribution in [0.1, 0.15) is 33.3 Å². The molecule has 2 aromatic rings. The monoisotopic (exact) mass is 521 g/mol. The Morgan fingerprint density at radius 3 is 2.48 bits per heavy atom. The Balaban J connectivity index is 2.22. The average molecular weight is 522 g/mol. The molecule has 1 atom stereocenters. The van der Waals surface area contributed by atoms with Gasteiger partial charge in [-0.2, -0.15) is 0 Å². The molecular weight excluding hydrogens is 494 g/mol. The number of hydrogen-bond donors (Lipinski definition) is 1. The highest BCUT2D eigenvalue weighted by Gasteiger charge is 2.29. The second-order valence-corrected chi connectivity index (χ2v) is 9.36. The van der Waals surface area contributed by atoms with Gasteiger partial charge >= 0.3 is 5.69 Å². The Morgan fingerprint density at radius 2 is 1.91 bits per heavy atom. The van der Waals surface area contributed by atoms with Gasteiger partial charge in [0.15, 0.2) is 6.61 Å². The number of carbonyl (C=O) groups excluding carboxylic acids is 2. The number of methoxy groups -OCH3 is 1. The summed E-state index contributed by atoms with van der Waals surface area (Å²) in [6.45, 7) is 7.09. The predicted molar refractivity (Wildman–Crippen MR) is 127 cm³/mol. The van der Waals surface area contributed by atoms with Gasteiger partial charge in [-0.3, -0.25) is 19.7 Å². The lowest BCUT2D eigenvalue weighted by molar-refractivity contribution is -0.385. The van der Waals surface area contributed by atoms with E-state index in [4.69, 9.17) is 9.47 Å². The SMILES string of the molecule is COc1cc(OCC(=O)N(Cc2cccc(Br)c2)[C@@H](C)C(=O)NC(C)(C)C)ccc1[N+](=O)[O-]. The lowest BCUT2D eigenvalue weighted by Gasteiger charge is -2.31. The number of benzene rings is 2. The number of carbonyl (C=O) groups is 2. The molecule has 0 aliphatic carbocycles. The Labute approximate surface area is 201 Å². The maximum atomic E-state index is 13.1. The molecule has 0 unspecified atom stereocenters. The van der Waals surface area contributed by atoms with Crippen molar-refractivity contribution < 1.29 is 24.0 Å². The molecule has 1 N–H and O–H groups in total. The largest absolute Gasteiger partial charge is 0.490 e. The first-order valence-corrected chi connectivity index (χ1v) is 11.0. The third-order valence-electron chi connectivity index (χ3n) is 4.62. The summed E-state index contributed by atoms with van der Waals surface area (Å²) >= 11 is 3.42. The van der Waals surface area contributed by atoms with Gasteiger partial charge in [0.05, 0.1) is 12.0 Å². The third kappa shape index (κ3) is 7.74. The number of amides is 2. The molecule has 0 bridgehead atoms. The number of hydrogen-bond acceptors (Lipinski definition) is 6. The van der Waals surface area contributed by atoms with Gasteiger partial charge in [0.1, 0.15) is 11.8 Å². The van der Waals surface area contributed by atoms with Crippen LogP contribution in [0.25, 0.3) is 0 Å². The highest BCUT2D eigenvalue weighted by molar-refractivity contribution is 9.10. The molecule has 9 nitrogen and oxygen atoms in total. The van der Waals surface area contributed by atoms with Crippen molar-refractivity contribution in [3.8, 4) is 11.5 Å². The molecule has 0 spiro atoms. The number of nitro benzene ring substituents is 1. The first-order chi connectivity index (χ1) is 15.4. The fourth-order valence-electron chi connectivity index (χ4n) is 3.02. The van der Waals surface area contributed by atoms with Crippen LogP contribution in [0.3, 0.4) is 0 Å². The molecule has 0 radical (unpaired) electrons. The summed E-state index contributed by atoms with van der Waals surface area (Å²) in [7, 11) is 1.31. The van der Waals surface area contributed by atoms with Crippen LogP contribution >= 0.6 is 15.9 Å². The molecule has 2 amide bonds. The van der Waals surface area contributed by atoms with Crippen LogP contribution in [-0.4, -0.2) is 46.9 Å². The molecule has 2 aromatic carbocycles. The Morgan fingerprint density at radius 1 is 1.21 bits per heavy atom. The molecule has 10 heteroatoms. The first kappa shape index (κ1) is 26.1. The van der Waals surface area contributed by atoms with E-state index in [-0.39, 0.29) is 36.2 Å². The van der Waals surface area contributed by atoms with Crippen molar-refractivity contribution in [2.45, 2.75) is 45.8 Å². The van der Waals surface area contributed by atoms with E-state index in [1.54, 1.807) is 6.92 Å². The molecule has 0 fully saturated rings. The Kier molecular flexibility index (Phi) is 8.81. The van der Waals surface area contributed by atoms with Crippen molar-refractivity contribution in [3.05, 3.63) is 62.6 Å². The summed E-state index contributed by atoms with van der Waals surface area (Å²) in [6.07, 6.45) is 0. The van der Waals surface area contributed by atoms with Gasteiger partial charge in [0, 0.05) is 28.7 Å². The lowest BCUT2D eigenvalue weighted by atomic mass is 10.1. The van der Waals surface area contributed by atoms with Gasteiger partial charge in [-0.05, 0) is 51.5 Å². The minimum atomic E-state index is -0.759. The average Bonchev–Trinajstić information content (AvgIpc) is 2.73. The molecule has 0 aromatic heterocycles. The van der Waals surface area contributed by atoms with Gasteiger partial charge < -0.3 is 19.7 Å². The van der Waals surface area contributed by atoms with Gasteiger partial charge in [0.2, 0.25) is 11.7 Å². The molecule has 178 valence electrons. The molecule has 33 heavy (non-hydrogen) atoms. The second kappa shape index (κ2) is 11.1. The zero-order chi connectivity index (χ0) is 24.8. The molecule has 0 heterocycles. The van der Waals surface area contributed by atoms with E-state index < -0.39 is 22.4 Å². The summed E-state index contributed by atoms with van der Waals surface area (Å²) < 4.78 is 11.5. The Bertz CT molecular complexity index is 1020. The zero-order valence-corrected chi connectivity index (χ0v) is 20.8. The zero-order valence-electron chi connectivity index (χ0n) is 19.3. The van der Waals surface area contributed by atoms with Crippen LogP contribution in [-0.2, 0) is 16.1 Å². The van der Waals surface area contributed by atoms with Crippen LogP contribution in [0, 0.1) is 10.1 Å². The summed E-state index contributed by atoms with van der Waals surface area (Å²) in [5.74, 6) is -0.444. The minimum Gasteiger partial charge on any atom is -0.490 e. The van der Waals surface area contributed by atoms with E-state index in [0.29, 0.717) is 0 Å². The second-order valence-electron chi connectivity index (χ2n) is 8.45. The van der Waals surface area contributed by atoms with Crippen molar-refractivity contribution >= 4 is 33.4 Å². The van der Waals surface area contributed by atoms with Gasteiger partial charge in [0.25, 0.3) is 5.91 Å². The van der Waals surface area contributed by atoms with E-state index in [0.717, 1.165) is 10.0 Å². The normalized spacial score (nSPS) is 11.9. The van der Waals surface area contributed by atoms with Gasteiger partial charge in [-0.15, -0.1) is 0 Å². The number of nitrogens with one attached hydrogen (secondary N) is 1. The van der Waals surface area contributed by atoms with Crippen LogP contribution in [0.15, 0.2) is 46.9 Å². The van der Waals surface area contributed by atoms with E-state index in [1.165, 1.54) is 30.2 Å². The van der Waals surface area contributed by atoms with Crippen LogP contribution < -0.4 is 14.8 Å². The standard InChI is InChI=1S/C23H28BrN3O6/c1-15(22(29)25-23(2,3)4)26(13-16-7-6-8-17(24)11-16)21(28)14-33-18-9-10-19(27(30)31)20(12-18)32-5/h6-12,15H,13-14H2,1-5H3,(H,25,29)/t15-/m0/s1. The third-order valence-corrected chi connectivity index (χ3v) is 5.11. The number of rotatable bonds is 9. The first-order valence-electron chi connectivity index (χ1n) is 10.2. The van der Waals surface area contributed by atoms with Crippen molar-refractivity contribution in [1.29, 1.82) is 0 Å². The summed E-state index contributed by atoms with van der Waals surface area (Å²) in [5, 5.41) is 14.0. The van der Waals surface area contributed by atoms with E-state index >= 15 is 0 Å². The highest BCUT2D eigenvalue weighted by Crippen LogP contribution is 2.30. The number of halogens is 1. The fourth-order valence-corrected chi connectivity index (χ4v) is 3.46. The van der Waals surface area contributed by atoms with Crippen molar-refractivity contribution in [3.63, 3.8) is 0 Å². The van der Waals surface area contributed by atoms with Crippen molar-refractivity contribution in [2.75, 3.05) is 13.7 Å². The van der Waals surface area contributed by atoms with E-state index in [1.807, 2.05) is 45.0 Å². The molecule has 2 rings (SSSR count). The number of nitrogens with zero attached hydrogens (tertiary/aromatic N) is 2. The summed E-state index contributed by atoms with van der Waals surface area (Å²) in [6, 6.07) is 10.7. The smallest absolute Gasteiger partial charge is 0.311 e. The molecule has 0 saturated carbocycles. The van der Waals surface area contributed by atoms with E-state index in [9.17, 15) is 19.7 Å². The molecule has 0 aliphatic heterocycles. The van der Waals surface area contributed by atoms with Gasteiger partial charge in [-0.25, -0.2) is 0 Å². The number of ether oxygens (including phenoxy) is 2. The van der Waals surface area contributed by atoms with Crippen LogP contribution in [0.2, 0.25) is 0 Å². The molecular formula is C23H28BrN3O6. The molecule has 0 saturated heterocycles. The van der Waals surface area contributed by atoms with Crippen LogP contribution in [0.5, 0.6) is 11.5 Å². The maximum Gasteiger partial charge on any atom is 0.311 e. The molecule has 0 aliphatic rings. The topological polar surface area (TPSA) is 111 Å². The fraction of sp³-hybridized carbons (Fsp3) is 0.391. The minimum absolute atomic E-state index is 0.0221. The van der Waals surface area contributed by atoms with Gasteiger partial charge in [-0.1, -0.05) is 28.1 Å². The lowest BCUT2D eigenvalue weighted by Crippen LogP contribution is -2.53. The van der Waals surface area contributed by atoms with Crippen molar-refractivity contribution in [1.82, 2.24) is 10.2 Å². The summed E-state index contributed by atoms with van der Waals surface area (Å²) in [4.78, 5) is 37.8. The van der Waals surface area contributed by atoms with Crippen molar-refractivity contribution in [2.24, 2.45) is 0 Å². The maximum absolute atomic E-state index is 13.1.